The van der Waals surface area contributed by atoms with E-state index in [-0.39, 0.29) is 17.5 Å². The second kappa shape index (κ2) is 10.6. The lowest BCUT2D eigenvalue weighted by atomic mass is 9.34. The first-order valence-electron chi connectivity index (χ1n) is 22.6. The number of aromatic nitrogens is 2. The number of nitrogens with zero attached hydrogens (tertiary/aromatic N) is 2. The predicted octanol–water partition coefficient (Wildman–Crippen LogP) is 13.1. The molecule has 2 aliphatic heterocycles. The molecule has 0 unspecified atom stereocenters. The van der Waals surface area contributed by atoms with E-state index >= 15 is 0 Å². The first-order valence-corrected chi connectivity index (χ1v) is 22.6. The highest BCUT2D eigenvalue weighted by molar-refractivity contribution is 7.01. The van der Waals surface area contributed by atoms with Crippen molar-refractivity contribution in [1.82, 2.24) is 9.13 Å². The van der Waals surface area contributed by atoms with Crippen molar-refractivity contribution in [1.29, 1.82) is 0 Å². The Hall–Kier alpha value is -7.36. The SMILES string of the molecule is CC1(C)c2ccccc2-c2cc3c4c5ccccc5cc5c4n(c3cc21)-c1cc2ccccc2c2c1B5c1cc3ccccc3c3c4cc5c(cc4n-2c13)C(C)(C)c1ccccc1-5. The van der Waals surface area contributed by atoms with Gasteiger partial charge in [0.25, 0.3) is 6.71 Å². The van der Waals surface area contributed by atoms with Crippen molar-refractivity contribution in [2.24, 2.45) is 0 Å². The van der Waals surface area contributed by atoms with Gasteiger partial charge >= 0.3 is 0 Å². The van der Waals surface area contributed by atoms with Crippen LogP contribution in [0.25, 0.3) is 110 Å². The summed E-state index contributed by atoms with van der Waals surface area (Å²) >= 11 is 0. The summed E-state index contributed by atoms with van der Waals surface area (Å²) in [4.78, 5) is 0. The van der Waals surface area contributed by atoms with Crippen LogP contribution in [0.5, 0.6) is 0 Å². The molecule has 0 spiro atoms. The average molecular weight is 799 g/mol. The first kappa shape index (κ1) is 33.3. The van der Waals surface area contributed by atoms with Crippen LogP contribution in [0.15, 0.2) is 164 Å². The van der Waals surface area contributed by atoms with Crippen molar-refractivity contribution in [3.63, 3.8) is 0 Å². The number of hydrogen-bond acceptors (Lipinski definition) is 0. The monoisotopic (exact) mass is 798 g/mol. The molecule has 0 N–H and O–H groups in total. The van der Waals surface area contributed by atoms with Gasteiger partial charge in [0.2, 0.25) is 0 Å². The maximum absolute atomic E-state index is 2.72. The van der Waals surface area contributed by atoms with Crippen LogP contribution in [0.2, 0.25) is 0 Å². The lowest BCUT2D eigenvalue weighted by Gasteiger charge is -2.35. The number of rotatable bonds is 0. The fraction of sp³-hybridized carbons (Fsp3) is 0.100. The molecule has 0 saturated heterocycles. The van der Waals surface area contributed by atoms with Gasteiger partial charge in [-0.05, 0) is 118 Å². The fourth-order valence-electron chi connectivity index (χ4n) is 13.7. The van der Waals surface area contributed by atoms with Crippen LogP contribution >= 0.6 is 0 Å². The lowest BCUT2D eigenvalue weighted by molar-refractivity contribution is 0.661. The van der Waals surface area contributed by atoms with E-state index < -0.39 is 0 Å². The van der Waals surface area contributed by atoms with Crippen LogP contribution in [0.3, 0.4) is 0 Å². The second-order valence-electron chi connectivity index (χ2n) is 20.0. The van der Waals surface area contributed by atoms with Crippen LogP contribution in [-0.2, 0) is 10.8 Å². The van der Waals surface area contributed by atoms with E-state index in [2.05, 4.69) is 201 Å². The maximum Gasteiger partial charge on any atom is 0.252 e. The summed E-state index contributed by atoms with van der Waals surface area (Å²) in [6, 6.07) is 63.6. The summed E-state index contributed by atoms with van der Waals surface area (Å²) in [5, 5.41) is 13.2. The van der Waals surface area contributed by atoms with Gasteiger partial charge in [-0.2, -0.15) is 0 Å². The molecule has 2 aromatic heterocycles. The zero-order chi connectivity index (χ0) is 41.4. The molecule has 2 aliphatic carbocycles. The predicted molar refractivity (Wildman–Crippen MR) is 267 cm³/mol. The highest BCUT2D eigenvalue weighted by Crippen LogP contribution is 2.54. The van der Waals surface area contributed by atoms with Crippen molar-refractivity contribution >= 4 is 99.0 Å². The minimum Gasteiger partial charge on any atom is -0.310 e. The van der Waals surface area contributed by atoms with Crippen LogP contribution in [0.1, 0.15) is 49.9 Å². The summed E-state index contributed by atoms with van der Waals surface area (Å²) in [7, 11) is 0. The van der Waals surface area contributed by atoms with E-state index in [4.69, 9.17) is 0 Å². The molecule has 4 aliphatic rings. The molecule has 16 rings (SSSR count). The normalized spacial score (nSPS) is 15.5. The van der Waals surface area contributed by atoms with E-state index in [1.165, 1.54) is 148 Å². The van der Waals surface area contributed by atoms with E-state index in [9.17, 15) is 0 Å². The molecule has 0 fully saturated rings. The van der Waals surface area contributed by atoms with Crippen molar-refractivity contribution in [2.45, 2.75) is 38.5 Å². The molecule has 3 heteroatoms. The largest absolute Gasteiger partial charge is 0.310 e. The van der Waals surface area contributed by atoms with Gasteiger partial charge in [0.05, 0.1) is 27.8 Å². The van der Waals surface area contributed by atoms with Crippen molar-refractivity contribution < 1.29 is 0 Å². The molecule has 0 radical (unpaired) electrons. The standard InChI is InChI=1S/C60H39BN2/c1-59(2)44-23-13-11-21-38(44)40-28-42-50(30-46(40)59)62-52-27-34-17-7-10-20-37(34)56-55(52)61(48-25-32-15-5-8-18-35(32)53(42)57(48)62)49-26-33-16-6-9-19-36(33)54-43-29-41-39-22-12-14-24-45(39)60(3,4)47(41)31-51(43)63(56)58(49)54/h5-31H,1-4H3. The van der Waals surface area contributed by atoms with Gasteiger partial charge in [-0.3, -0.25) is 0 Å². The highest BCUT2D eigenvalue weighted by Gasteiger charge is 2.45. The number of benzene rings is 10. The van der Waals surface area contributed by atoms with Crippen molar-refractivity contribution in [3.8, 4) is 33.6 Å². The Balaban J connectivity index is 1.15. The summed E-state index contributed by atoms with van der Waals surface area (Å²) in [5.74, 6) is 0. The molecule has 12 aromatic rings. The smallest absolute Gasteiger partial charge is 0.252 e. The molecule has 0 amide bonds. The van der Waals surface area contributed by atoms with E-state index in [1.54, 1.807) is 0 Å². The first-order chi connectivity index (χ1) is 30.8. The number of hydrogen-bond donors (Lipinski definition) is 0. The van der Waals surface area contributed by atoms with Crippen molar-refractivity contribution in [2.75, 3.05) is 0 Å². The summed E-state index contributed by atoms with van der Waals surface area (Å²) in [6.07, 6.45) is 0. The van der Waals surface area contributed by atoms with Gasteiger partial charge in [-0.15, -0.1) is 0 Å². The molecule has 0 saturated carbocycles. The average Bonchev–Trinajstić information content (AvgIpc) is 3.97. The quantitative estimate of drug-likeness (QED) is 0.135. The Bertz CT molecular complexity index is 4210. The number of fused-ring (bicyclic) bond motifs is 22. The molecular formula is C60H39BN2. The fourth-order valence-corrected chi connectivity index (χ4v) is 13.7. The topological polar surface area (TPSA) is 9.86 Å². The minimum absolute atomic E-state index is 0.0282. The minimum atomic E-state index is -0.125. The van der Waals surface area contributed by atoms with Gasteiger partial charge in [0.1, 0.15) is 0 Å². The van der Waals surface area contributed by atoms with E-state index in [1.807, 2.05) is 0 Å². The Morgan fingerprint density at radius 1 is 0.381 bits per heavy atom. The second-order valence-corrected chi connectivity index (χ2v) is 20.0. The third-order valence-corrected chi connectivity index (χ3v) is 16.4. The molecule has 0 atom stereocenters. The van der Waals surface area contributed by atoms with E-state index in [0.29, 0.717) is 0 Å². The van der Waals surface area contributed by atoms with Crippen molar-refractivity contribution in [3.05, 3.63) is 186 Å². The summed E-state index contributed by atoms with van der Waals surface area (Å²) < 4.78 is 5.41. The van der Waals surface area contributed by atoms with Gasteiger partial charge in [-0.1, -0.05) is 161 Å². The Labute approximate surface area is 364 Å². The third kappa shape index (κ3) is 3.65. The summed E-state index contributed by atoms with van der Waals surface area (Å²) in [5.41, 5.74) is 23.0. The molecule has 2 nitrogen and oxygen atoms in total. The van der Waals surface area contributed by atoms with Gasteiger partial charge < -0.3 is 9.13 Å². The molecule has 10 aromatic carbocycles. The van der Waals surface area contributed by atoms with Crippen LogP contribution in [0, 0.1) is 0 Å². The molecule has 292 valence electrons. The third-order valence-electron chi connectivity index (χ3n) is 16.4. The Morgan fingerprint density at radius 3 is 1.38 bits per heavy atom. The van der Waals surface area contributed by atoms with Gasteiger partial charge in [0.15, 0.2) is 0 Å². The van der Waals surface area contributed by atoms with E-state index in [0.717, 1.165) is 0 Å². The zero-order valence-electron chi connectivity index (χ0n) is 35.6. The van der Waals surface area contributed by atoms with Crippen LogP contribution in [-0.4, -0.2) is 15.8 Å². The van der Waals surface area contributed by atoms with Crippen LogP contribution in [0.4, 0.5) is 0 Å². The maximum atomic E-state index is 2.72. The summed E-state index contributed by atoms with van der Waals surface area (Å²) in [6.45, 7) is 9.69. The highest BCUT2D eigenvalue weighted by atomic mass is 15.0. The van der Waals surface area contributed by atoms with Crippen LogP contribution < -0.4 is 16.4 Å². The lowest BCUT2D eigenvalue weighted by Crippen LogP contribution is -2.59. The molecule has 4 heterocycles. The molecular weight excluding hydrogens is 759 g/mol. The molecule has 63 heavy (non-hydrogen) atoms. The molecule has 0 bridgehead atoms. The Kier molecular flexibility index (Phi) is 5.62. The Morgan fingerprint density at radius 2 is 0.825 bits per heavy atom. The van der Waals surface area contributed by atoms with Gasteiger partial charge in [0, 0.05) is 43.4 Å². The zero-order valence-corrected chi connectivity index (χ0v) is 35.6. The van der Waals surface area contributed by atoms with Gasteiger partial charge in [-0.25, -0.2) is 0 Å².